The lowest BCUT2D eigenvalue weighted by molar-refractivity contribution is -0.119. The summed E-state index contributed by atoms with van der Waals surface area (Å²) in [5.41, 5.74) is 0.816. The maximum atomic E-state index is 12.4. The molecule has 2 aromatic carbocycles. The minimum Gasteiger partial charge on any atom is -0.324 e. The van der Waals surface area contributed by atoms with Crippen molar-refractivity contribution < 1.29 is 4.79 Å². The van der Waals surface area contributed by atoms with Gasteiger partial charge in [0.1, 0.15) is 6.04 Å². The van der Waals surface area contributed by atoms with Gasteiger partial charge in [-0.05, 0) is 34.3 Å². The average molecular weight is 344 g/mol. The number of fused-ring (bicyclic) bond motifs is 1. The second-order valence-electron chi connectivity index (χ2n) is 4.83. The van der Waals surface area contributed by atoms with Crippen LogP contribution in [0, 0.1) is 0 Å². The molecule has 1 amide bonds. The molecule has 0 aliphatic carbocycles. The Labute approximate surface area is 130 Å². The van der Waals surface area contributed by atoms with E-state index in [0.29, 0.717) is 0 Å². The zero-order valence-electron chi connectivity index (χ0n) is 11.5. The van der Waals surface area contributed by atoms with Gasteiger partial charge >= 0.3 is 0 Å². The summed E-state index contributed by atoms with van der Waals surface area (Å²) in [6.07, 6.45) is 3.45. The van der Waals surface area contributed by atoms with E-state index in [1.807, 2.05) is 49.4 Å². The molecule has 4 nitrogen and oxygen atoms in total. The maximum Gasteiger partial charge on any atom is 0.248 e. The molecule has 1 atom stereocenters. The molecule has 21 heavy (non-hydrogen) atoms. The van der Waals surface area contributed by atoms with Crippen LogP contribution in [0.4, 0.5) is 5.69 Å². The summed E-state index contributed by atoms with van der Waals surface area (Å²) in [6, 6.07) is 13.5. The van der Waals surface area contributed by atoms with E-state index < -0.39 is 0 Å². The van der Waals surface area contributed by atoms with Crippen LogP contribution in [-0.4, -0.2) is 15.7 Å². The Morgan fingerprint density at radius 3 is 2.76 bits per heavy atom. The molecule has 1 N–H and O–H groups in total. The first-order chi connectivity index (χ1) is 10.1. The highest BCUT2D eigenvalue weighted by molar-refractivity contribution is 9.10. The van der Waals surface area contributed by atoms with Gasteiger partial charge in [-0.25, -0.2) is 0 Å². The Kier molecular flexibility index (Phi) is 3.75. The van der Waals surface area contributed by atoms with Gasteiger partial charge in [0.15, 0.2) is 0 Å². The van der Waals surface area contributed by atoms with E-state index in [4.69, 9.17) is 0 Å². The summed E-state index contributed by atoms with van der Waals surface area (Å²) in [5.74, 6) is -0.0954. The molecular weight excluding hydrogens is 330 g/mol. The normalized spacial score (nSPS) is 12.3. The quantitative estimate of drug-likeness (QED) is 0.781. The van der Waals surface area contributed by atoms with Crippen molar-refractivity contribution in [1.29, 1.82) is 0 Å². The third-order valence-corrected chi connectivity index (χ3v) is 3.80. The van der Waals surface area contributed by atoms with Gasteiger partial charge in [-0.2, -0.15) is 5.10 Å². The SMILES string of the molecule is CC(C(=O)Nc1cccc2ccccc12)n1cc(Br)cn1. The minimum absolute atomic E-state index is 0.0954. The molecule has 0 radical (unpaired) electrons. The Balaban J connectivity index is 1.86. The molecule has 1 aromatic heterocycles. The molecule has 5 heteroatoms. The molecule has 0 spiro atoms. The predicted octanol–water partition coefficient (Wildman–Crippen LogP) is 4.00. The summed E-state index contributed by atoms with van der Waals surface area (Å²) in [7, 11) is 0. The van der Waals surface area contributed by atoms with Gasteiger partial charge in [-0.3, -0.25) is 9.48 Å². The van der Waals surface area contributed by atoms with E-state index >= 15 is 0 Å². The van der Waals surface area contributed by atoms with Crippen LogP contribution in [0.2, 0.25) is 0 Å². The monoisotopic (exact) mass is 343 g/mol. The molecule has 1 unspecified atom stereocenters. The summed E-state index contributed by atoms with van der Waals surface area (Å²) in [5, 5.41) is 9.26. The number of carbonyl (C=O) groups is 1. The number of halogens is 1. The van der Waals surface area contributed by atoms with Crippen molar-refractivity contribution in [2.75, 3.05) is 5.32 Å². The van der Waals surface area contributed by atoms with E-state index in [-0.39, 0.29) is 11.9 Å². The van der Waals surface area contributed by atoms with Crippen molar-refractivity contribution in [3.05, 3.63) is 59.3 Å². The smallest absolute Gasteiger partial charge is 0.248 e. The summed E-state index contributed by atoms with van der Waals surface area (Å²) in [4.78, 5) is 12.4. The number of benzene rings is 2. The van der Waals surface area contributed by atoms with E-state index in [9.17, 15) is 4.79 Å². The third kappa shape index (κ3) is 2.83. The number of hydrogen-bond acceptors (Lipinski definition) is 2. The standard InChI is InChI=1S/C16H14BrN3O/c1-11(20-10-13(17)9-18-20)16(21)19-15-8-4-6-12-5-2-3-7-14(12)15/h2-11H,1H3,(H,19,21). The Hall–Kier alpha value is -2.14. The van der Waals surface area contributed by atoms with Crippen LogP contribution in [0.25, 0.3) is 10.8 Å². The number of anilines is 1. The number of carbonyl (C=O) groups excluding carboxylic acids is 1. The first kappa shape index (κ1) is 13.8. The van der Waals surface area contributed by atoms with Gasteiger partial charge in [0, 0.05) is 17.3 Å². The minimum atomic E-state index is -0.379. The van der Waals surface area contributed by atoms with Crippen molar-refractivity contribution in [2.45, 2.75) is 13.0 Å². The molecule has 1 heterocycles. The van der Waals surface area contributed by atoms with Crippen molar-refractivity contribution >= 4 is 38.3 Å². The number of hydrogen-bond donors (Lipinski definition) is 1. The first-order valence-electron chi connectivity index (χ1n) is 6.63. The molecule has 0 saturated carbocycles. The molecule has 106 valence electrons. The van der Waals surface area contributed by atoms with E-state index in [0.717, 1.165) is 20.9 Å². The fourth-order valence-corrected chi connectivity index (χ4v) is 2.52. The highest BCUT2D eigenvalue weighted by Crippen LogP contribution is 2.24. The maximum absolute atomic E-state index is 12.4. The van der Waals surface area contributed by atoms with Crippen LogP contribution in [0.1, 0.15) is 13.0 Å². The lowest BCUT2D eigenvalue weighted by Crippen LogP contribution is -2.24. The second-order valence-corrected chi connectivity index (χ2v) is 5.75. The van der Waals surface area contributed by atoms with Crippen molar-refractivity contribution in [1.82, 2.24) is 9.78 Å². The Bertz CT molecular complexity index is 792. The molecular formula is C16H14BrN3O. The highest BCUT2D eigenvalue weighted by atomic mass is 79.9. The molecule has 0 bridgehead atoms. The van der Waals surface area contributed by atoms with Gasteiger partial charge in [0.05, 0.1) is 10.7 Å². The zero-order valence-corrected chi connectivity index (χ0v) is 13.0. The number of aromatic nitrogens is 2. The highest BCUT2D eigenvalue weighted by Gasteiger charge is 2.16. The predicted molar refractivity (Wildman–Crippen MR) is 87.2 cm³/mol. The van der Waals surface area contributed by atoms with E-state index in [1.54, 1.807) is 17.1 Å². The molecule has 0 fully saturated rings. The van der Waals surface area contributed by atoms with Gasteiger partial charge in [-0.15, -0.1) is 0 Å². The molecule has 3 rings (SSSR count). The number of nitrogens with one attached hydrogen (secondary N) is 1. The lowest BCUT2D eigenvalue weighted by Gasteiger charge is -2.14. The van der Waals surface area contributed by atoms with Crippen LogP contribution < -0.4 is 5.32 Å². The second kappa shape index (κ2) is 5.69. The fraction of sp³-hybridized carbons (Fsp3) is 0.125. The van der Waals surface area contributed by atoms with Crippen LogP contribution >= 0.6 is 15.9 Å². The van der Waals surface area contributed by atoms with Gasteiger partial charge in [0.2, 0.25) is 5.91 Å². The molecule has 3 aromatic rings. The summed E-state index contributed by atoms with van der Waals surface area (Å²) < 4.78 is 2.48. The van der Waals surface area contributed by atoms with Crippen LogP contribution in [0.5, 0.6) is 0 Å². The molecule has 0 aliphatic rings. The molecule has 0 aliphatic heterocycles. The van der Waals surface area contributed by atoms with Crippen LogP contribution in [0.15, 0.2) is 59.3 Å². The van der Waals surface area contributed by atoms with Crippen molar-refractivity contribution in [2.24, 2.45) is 0 Å². The number of nitrogens with zero attached hydrogens (tertiary/aromatic N) is 2. The third-order valence-electron chi connectivity index (χ3n) is 3.39. The first-order valence-corrected chi connectivity index (χ1v) is 7.43. The zero-order chi connectivity index (χ0) is 14.8. The van der Waals surface area contributed by atoms with Gasteiger partial charge in [0.25, 0.3) is 0 Å². The van der Waals surface area contributed by atoms with E-state index in [1.165, 1.54) is 0 Å². The van der Waals surface area contributed by atoms with Crippen LogP contribution in [-0.2, 0) is 4.79 Å². The fourth-order valence-electron chi connectivity index (χ4n) is 2.22. The Morgan fingerprint density at radius 1 is 1.24 bits per heavy atom. The van der Waals surface area contributed by atoms with Gasteiger partial charge < -0.3 is 5.32 Å². The number of amides is 1. The van der Waals surface area contributed by atoms with Crippen molar-refractivity contribution in [3.8, 4) is 0 Å². The average Bonchev–Trinajstić information content (AvgIpc) is 2.93. The topological polar surface area (TPSA) is 46.9 Å². The summed E-state index contributed by atoms with van der Waals surface area (Å²) >= 11 is 3.33. The van der Waals surface area contributed by atoms with Gasteiger partial charge in [-0.1, -0.05) is 36.4 Å². The van der Waals surface area contributed by atoms with E-state index in [2.05, 4.69) is 26.3 Å². The van der Waals surface area contributed by atoms with Crippen molar-refractivity contribution in [3.63, 3.8) is 0 Å². The largest absolute Gasteiger partial charge is 0.324 e. The number of rotatable bonds is 3. The Morgan fingerprint density at radius 2 is 2.00 bits per heavy atom. The molecule has 0 saturated heterocycles. The lowest BCUT2D eigenvalue weighted by atomic mass is 10.1. The summed E-state index contributed by atoms with van der Waals surface area (Å²) in [6.45, 7) is 1.82. The van der Waals surface area contributed by atoms with Crippen LogP contribution in [0.3, 0.4) is 0 Å².